The Hall–Kier alpha value is -1.90. The Morgan fingerprint density at radius 1 is 1.03 bits per heavy atom. The average molecular weight is 584 g/mol. The second-order valence-corrected chi connectivity index (χ2v) is 11.9. The Morgan fingerprint density at radius 2 is 1.71 bits per heavy atom. The van der Waals surface area contributed by atoms with Gasteiger partial charge in [-0.15, -0.1) is 0 Å². The van der Waals surface area contributed by atoms with Crippen LogP contribution < -0.4 is 5.32 Å². The molecule has 0 radical (unpaired) electrons. The molecule has 3 aromatic rings. The van der Waals surface area contributed by atoms with E-state index in [2.05, 4.69) is 21.2 Å². The van der Waals surface area contributed by atoms with Crippen LogP contribution in [0.1, 0.15) is 36.5 Å². The maximum atomic E-state index is 13.5. The van der Waals surface area contributed by atoms with Crippen molar-refractivity contribution in [1.82, 2.24) is 4.31 Å². The summed E-state index contributed by atoms with van der Waals surface area (Å²) in [5.41, 5.74) is 3.21. The van der Waals surface area contributed by atoms with Gasteiger partial charge < -0.3 is 5.32 Å². The summed E-state index contributed by atoms with van der Waals surface area (Å²) in [7, 11) is -3.99. The fourth-order valence-electron chi connectivity index (χ4n) is 3.50. The summed E-state index contributed by atoms with van der Waals surface area (Å²) in [6, 6.07) is 17.0. The summed E-state index contributed by atoms with van der Waals surface area (Å²) >= 11 is 15.5. The normalized spacial score (nSPS) is 11.8. The van der Waals surface area contributed by atoms with Gasteiger partial charge in [-0.25, -0.2) is 8.42 Å². The smallest absolute Gasteiger partial charge is 0.243 e. The molecule has 1 N–H and O–H groups in total. The predicted molar refractivity (Wildman–Crippen MR) is 142 cm³/mol. The van der Waals surface area contributed by atoms with Crippen molar-refractivity contribution in [2.24, 2.45) is 0 Å². The Kier molecular flexibility index (Phi) is 8.82. The van der Waals surface area contributed by atoms with Crippen molar-refractivity contribution in [3.63, 3.8) is 0 Å². The first kappa shape index (κ1) is 26.7. The number of hydrogen-bond acceptors (Lipinski definition) is 3. The van der Waals surface area contributed by atoms with Crippen molar-refractivity contribution >= 4 is 60.7 Å². The number of sulfonamides is 1. The monoisotopic (exact) mass is 582 g/mol. The third-order valence-electron chi connectivity index (χ3n) is 5.31. The molecule has 0 heterocycles. The number of nitrogens with one attached hydrogen (secondary N) is 1. The summed E-state index contributed by atoms with van der Waals surface area (Å²) in [5, 5.41) is 3.61. The Balaban J connectivity index is 1.94. The molecule has 0 aliphatic carbocycles. The van der Waals surface area contributed by atoms with Crippen molar-refractivity contribution in [3.8, 4) is 0 Å². The number of para-hydroxylation sites is 1. The lowest BCUT2D eigenvalue weighted by atomic mass is 9.98. The van der Waals surface area contributed by atoms with Gasteiger partial charge in [0.05, 0.1) is 21.5 Å². The lowest BCUT2D eigenvalue weighted by molar-refractivity contribution is -0.116. The zero-order chi connectivity index (χ0) is 25.0. The van der Waals surface area contributed by atoms with Crippen LogP contribution in [0.15, 0.2) is 70.0 Å². The van der Waals surface area contributed by atoms with Gasteiger partial charge >= 0.3 is 0 Å². The van der Waals surface area contributed by atoms with Crippen LogP contribution in [-0.2, 0) is 21.4 Å². The van der Waals surface area contributed by atoms with Crippen molar-refractivity contribution in [2.75, 3.05) is 11.9 Å². The molecule has 3 rings (SSSR count). The standard InChI is InChI=1S/C25H25BrCl2N2O3S/c1-16(2)21-6-4-5-17(3)25(21)29-24(31)15-30(14-18-7-12-22(27)23(28)13-18)34(32,33)20-10-8-19(26)9-11-20/h4-13,16H,14-15H2,1-3H3,(H,29,31). The van der Waals surface area contributed by atoms with Gasteiger partial charge in [0.25, 0.3) is 0 Å². The molecule has 0 saturated heterocycles. The fraction of sp³-hybridized carbons (Fsp3) is 0.240. The van der Waals surface area contributed by atoms with Crippen molar-refractivity contribution in [3.05, 3.63) is 91.9 Å². The summed E-state index contributed by atoms with van der Waals surface area (Å²) in [6.07, 6.45) is 0. The number of benzene rings is 3. The van der Waals surface area contributed by atoms with E-state index in [0.717, 1.165) is 19.9 Å². The van der Waals surface area contributed by atoms with Crippen LogP contribution in [0.4, 0.5) is 5.69 Å². The molecule has 0 aromatic heterocycles. The highest BCUT2D eigenvalue weighted by Gasteiger charge is 2.27. The highest BCUT2D eigenvalue weighted by molar-refractivity contribution is 9.10. The first-order valence-corrected chi connectivity index (χ1v) is 13.6. The maximum absolute atomic E-state index is 13.5. The third-order valence-corrected chi connectivity index (χ3v) is 8.38. The molecular weight excluding hydrogens is 559 g/mol. The summed E-state index contributed by atoms with van der Waals surface area (Å²) < 4.78 is 28.9. The number of halogens is 3. The van der Waals surface area contributed by atoms with E-state index in [9.17, 15) is 13.2 Å². The molecule has 0 atom stereocenters. The number of carbonyl (C=O) groups excluding carboxylic acids is 1. The summed E-state index contributed by atoms with van der Waals surface area (Å²) in [6.45, 7) is 5.57. The molecule has 0 saturated carbocycles. The van der Waals surface area contributed by atoms with E-state index in [1.807, 2.05) is 39.0 Å². The molecule has 180 valence electrons. The van der Waals surface area contributed by atoms with Gasteiger partial charge in [-0.2, -0.15) is 4.31 Å². The van der Waals surface area contributed by atoms with Crippen LogP contribution in [0.3, 0.4) is 0 Å². The van der Waals surface area contributed by atoms with Gasteiger partial charge in [0.2, 0.25) is 15.9 Å². The van der Waals surface area contributed by atoms with Gasteiger partial charge in [0.1, 0.15) is 0 Å². The number of hydrogen-bond donors (Lipinski definition) is 1. The van der Waals surface area contributed by atoms with E-state index < -0.39 is 15.9 Å². The molecule has 1 amide bonds. The minimum absolute atomic E-state index is 0.0481. The molecule has 0 unspecified atom stereocenters. The largest absolute Gasteiger partial charge is 0.324 e. The lowest BCUT2D eigenvalue weighted by Gasteiger charge is -2.23. The minimum atomic E-state index is -3.99. The van der Waals surface area contributed by atoms with Gasteiger partial charge in [-0.3, -0.25) is 4.79 Å². The Labute approximate surface area is 219 Å². The van der Waals surface area contributed by atoms with Crippen LogP contribution in [-0.4, -0.2) is 25.2 Å². The van der Waals surface area contributed by atoms with Crippen molar-refractivity contribution in [2.45, 2.75) is 38.1 Å². The zero-order valence-corrected chi connectivity index (χ0v) is 22.9. The number of amides is 1. The molecule has 3 aromatic carbocycles. The van der Waals surface area contributed by atoms with Gasteiger partial charge in [0, 0.05) is 16.7 Å². The highest BCUT2D eigenvalue weighted by Crippen LogP contribution is 2.28. The SMILES string of the molecule is Cc1cccc(C(C)C)c1NC(=O)CN(Cc1ccc(Cl)c(Cl)c1)S(=O)(=O)c1ccc(Br)cc1. The van der Waals surface area contributed by atoms with Crippen molar-refractivity contribution < 1.29 is 13.2 Å². The van der Waals surface area contributed by atoms with Crippen molar-refractivity contribution in [1.29, 1.82) is 0 Å². The third kappa shape index (κ3) is 6.40. The van der Waals surface area contributed by atoms with Crippen LogP contribution in [0, 0.1) is 6.92 Å². The van der Waals surface area contributed by atoms with E-state index >= 15 is 0 Å². The van der Waals surface area contributed by atoms with Crippen LogP contribution in [0.2, 0.25) is 10.0 Å². The highest BCUT2D eigenvalue weighted by atomic mass is 79.9. The number of carbonyl (C=O) groups is 1. The van der Waals surface area contributed by atoms with E-state index in [1.54, 1.807) is 30.3 Å². The summed E-state index contributed by atoms with van der Waals surface area (Å²) in [5.74, 6) is -0.244. The van der Waals surface area contributed by atoms with E-state index in [4.69, 9.17) is 23.2 Å². The van der Waals surface area contributed by atoms with Crippen LogP contribution in [0.25, 0.3) is 0 Å². The minimum Gasteiger partial charge on any atom is -0.324 e. The average Bonchev–Trinajstić information content (AvgIpc) is 2.77. The molecule has 0 fully saturated rings. The maximum Gasteiger partial charge on any atom is 0.243 e. The van der Waals surface area contributed by atoms with Gasteiger partial charge in [-0.1, -0.05) is 77.2 Å². The Morgan fingerprint density at radius 3 is 2.32 bits per heavy atom. The van der Waals surface area contributed by atoms with E-state index in [-0.39, 0.29) is 23.9 Å². The van der Waals surface area contributed by atoms with Gasteiger partial charge in [-0.05, 0) is 65.9 Å². The summed E-state index contributed by atoms with van der Waals surface area (Å²) in [4.78, 5) is 13.2. The topological polar surface area (TPSA) is 66.5 Å². The zero-order valence-electron chi connectivity index (χ0n) is 19.0. The molecule has 34 heavy (non-hydrogen) atoms. The van der Waals surface area contributed by atoms with Crippen LogP contribution >= 0.6 is 39.1 Å². The predicted octanol–water partition coefficient (Wildman–Crippen LogP) is 7.02. The van der Waals surface area contributed by atoms with Gasteiger partial charge in [0.15, 0.2) is 0 Å². The number of anilines is 1. The second-order valence-electron chi connectivity index (χ2n) is 8.22. The Bertz CT molecular complexity index is 1300. The number of aryl methyl sites for hydroxylation is 1. The quantitative estimate of drug-likeness (QED) is 0.310. The number of nitrogens with zero attached hydrogens (tertiary/aromatic N) is 1. The molecular formula is C25H25BrCl2N2O3S. The fourth-order valence-corrected chi connectivity index (χ4v) is 5.47. The molecule has 5 nitrogen and oxygen atoms in total. The first-order valence-electron chi connectivity index (χ1n) is 10.6. The molecule has 9 heteroatoms. The molecule has 0 bridgehead atoms. The van der Waals surface area contributed by atoms with E-state index in [1.165, 1.54) is 12.1 Å². The second kappa shape index (κ2) is 11.2. The van der Waals surface area contributed by atoms with E-state index in [0.29, 0.717) is 21.3 Å². The molecule has 0 aliphatic heterocycles. The van der Waals surface area contributed by atoms with Crippen LogP contribution in [0.5, 0.6) is 0 Å². The molecule has 0 aliphatic rings. The molecule has 0 spiro atoms. The lowest BCUT2D eigenvalue weighted by Crippen LogP contribution is -2.37. The first-order chi connectivity index (χ1) is 16.0. The number of rotatable bonds is 8.